The Morgan fingerprint density at radius 2 is 1.28 bits per heavy atom. The second-order valence-electron chi connectivity index (χ2n) is 13.0. The lowest BCUT2D eigenvalue weighted by atomic mass is 10.1. The first-order valence-electron chi connectivity index (χ1n) is 18.5. The molecule has 3 rings (SSSR count). The first kappa shape index (κ1) is 37.7. The molecule has 3 heterocycles. The van der Waals surface area contributed by atoms with Crippen LogP contribution in [0.15, 0.2) is 12.7 Å². The van der Waals surface area contributed by atoms with Gasteiger partial charge in [0.2, 0.25) is 0 Å². The van der Waals surface area contributed by atoms with Crippen LogP contribution in [0.1, 0.15) is 168 Å². The smallest absolute Gasteiger partial charge is 0.306 e. The quantitative estimate of drug-likeness (QED) is 0.0789. The first-order chi connectivity index (χ1) is 22.5. The third kappa shape index (κ3) is 13.9. The molecule has 0 bridgehead atoms. The Balaban J connectivity index is 1.41. The van der Waals surface area contributed by atoms with Gasteiger partial charge >= 0.3 is 11.9 Å². The molecule has 46 heavy (non-hydrogen) atoms. The van der Waals surface area contributed by atoms with Gasteiger partial charge in [0.05, 0.1) is 6.33 Å². The molecule has 0 aromatic carbocycles. The molecule has 1 saturated heterocycles. The Morgan fingerprint density at radius 1 is 0.761 bits per heavy atom. The van der Waals surface area contributed by atoms with Gasteiger partial charge in [0.1, 0.15) is 36.9 Å². The molecule has 2 aromatic rings. The molecule has 0 saturated carbocycles. The number of ether oxygens (including phenoxy) is 3. The number of rotatable bonds is 26. The number of anilines is 1. The maximum atomic E-state index is 12.8. The highest BCUT2D eigenvalue weighted by Crippen LogP contribution is 2.34. The van der Waals surface area contributed by atoms with Crippen molar-refractivity contribution in [3.63, 3.8) is 0 Å². The molecular formula is C36H61N5O5. The molecular weight excluding hydrogens is 582 g/mol. The van der Waals surface area contributed by atoms with Gasteiger partial charge in [-0.25, -0.2) is 15.0 Å². The van der Waals surface area contributed by atoms with E-state index in [9.17, 15) is 9.59 Å². The molecule has 1 aliphatic rings. The highest BCUT2D eigenvalue weighted by molar-refractivity contribution is 5.81. The third-order valence-electron chi connectivity index (χ3n) is 9.04. The van der Waals surface area contributed by atoms with Crippen molar-refractivity contribution in [2.24, 2.45) is 0 Å². The average molecular weight is 644 g/mol. The van der Waals surface area contributed by atoms with E-state index in [1.165, 1.54) is 96.2 Å². The van der Waals surface area contributed by atoms with Crippen LogP contribution >= 0.6 is 0 Å². The lowest BCUT2D eigenvalue weighted by Gasteiger charge is -2.19. The van der Waals surface area contributed by atoms with Gasteiger partial charge in [0, 0.05) is 19.3 Å². The molecule has 260 valence electrons. The molecule has 1 aliphatic heterocycles. The third-order valence-corrected chi connectivity index (χ3v) is 9.04. The second kappa shape index (κ2) is 22.7. The van der Waals surface area contributed by atoms with E-state index in [0.717, 1.165) is 38.5 Å². The molecule has 0 amide bonds. The highest BCUT2D eigenvalue weighted by atomic mass is 16.6. The Kier molecular flexibility index (Phi) is 18.6. The van der Waals surface area contributed by atoms with Gasteiger partial charge in [0.15, 0.2) is 11.5 Å². The number of unbranched alkanes of at least 4 members (excludes halogenated alkanes) is 18. The molecule has 0 aliphatic carbocycles. The van der Waals surface area contributed by atoms with Crippen LogP contribution in [0.3, 0.4) is 0 Å². The van der Waals surface area contributed by atoms with Crippen LogP contribution in [-0.4, -0.2) is 50.3 Å². The number of nitrogens with zero attached hydrogens (tertiary/aromatic N) is 4. The number of nitrogens with two attached hydrogens (primary N) is 1. The van der Waals surface area contributed by atoms with E-state index < -0.39 is 18.4 Å². The van der Waals surface area contributed by atoms with E-state index in [1.54, 1.807) is 10.9 Å². The van der Waals surface area contributed by atoms with Crippen molar-refractivity contribution >= 4 is 28.9 Å². The number of hydrogen-bond donors (Lipinski definition) is 1. The molecule has 2 N–H and O–H groups in total. The fourth-order valence-corrected chi connectivity index (χ4v) is 6.21. The van der Waals surface area contributed by atoms with Crippen LogP contribution in [0.5, 0.6) is 0 Å². The van der Waals surface area contributed by atoms with Gasteiger partial charge in [-0.05, 0) is 12.8 Å². The Morgan fingerprint density at radius 3 is 1.85 bits per heavy atom. The zero-order valence-electron chi connectivity index (χ0n) is 28.8. The highest BCUT2D eigenvalue weighted by Gasteiger charge is 2.40. The van der Waals surface area contributed by atoms with Crippen molar-refractivity contribution in [1.82, 2.24) is 19.5 Å². The van der Waals surface area contributed by atoms with E-state index >= 15 is 0 Å². The first-order valence-corrected chi connectivity index (χ1v) is 18.5. The summed E-state index contributed by atoms with van der Waals surface area (Å²) in [7, 11) is 0. The minimum absolute atomic E-state index is 0.0348. The Labute approximate surface area is 277 Å². The van der Waals surface area contributed by atoms with E-state index in [-0.39, 0.29) is 18.5 Å². The predicted molar refractivity (Wildman–Crippen MR) is 182 cm³/mol. The summed E-state index contributed by atoms with van der Waals surface area (Å²) in [6.07, 6.45) is 26.7. The summed E-state index contributed by atoms with van der Waals surface area (Å²) in [6.45, 7) is 4.52. The molecule has 1 fully saturated rings. The average Bonchev–Trinajstić information content (AvgIpc) is 3.66. The predicted octanol–water partition coefficient (Wildman–Crippen LogP) is 8.77. The summed E-state index contributed by atoms with van der Waals surface area (Å²) in [6, 6.07) is 0. The fourth-order valence-electron chi connectivity index (χ4n) is 6.21. The number of carbonyl (C=O) groups is 2. The summed E-state index contributed by atoms with van der Waals surface area (Å²) in [5, 5.41) is 0. The number of esters is 2. The zero-order valence-corrected chi connectivity index (χ0v) is 28.8. The number of aromatic nitrogens is 4. The van der Waals surface area contributed by atoms with Crippen molar-refractivity contribution in [2.75, 3.05) is 12.3 Å². The van der Waals surface area contributed by atoms with Crippen LogP contribution in [0.25, 0.3) is 11.2 Å². The maximum Gasteiger partial charge on any atom is 0.306 e. The van der Waals surface area contributed by atoms with Crippen LogP contribution in [-0.2, 0) is 23.8 Å². The van der Waals surface area contributed by atoms with Crippen molar-refractivity contribution in [2.45, 2.75) is 180 Å². The van der Waals surface area contributed by atoms with Gasteiger partial charge in [0.25, 0.3) is 0 Å². The van der Waals surface area contributed by atoms with Gasteiger partial charge in [-0.2, -0.15) is 0 Å². The van der Waals surface area contributed by atoms with Gasteiger partial charge in [-0.15, -0.1) is 0 Å². The van der Waals surface area contributed by atoms with Crippen molar-refractivity contribution in [3.05, 3.63) is 12.7 Å². The molecule has 0 unspecified atom stereocenters. The molecule has 3 atom stereocenters. The molecule has 10 nitrogen and oxygen atoms in total. The summed E-state index contributed by atoms with van der Waals surface area (Å²) < 4.78 is 19.6. The lowest BCUT2D eigenvalue weighted by molar-refractivity contribution is -0.158. The lowest BCUT2D eigenvalue weighted by Crippen LogP contribution is -2.32. The van der Waals surface area contributed by atoms with Crippen molar-refractivity contribution in [1.29, 1.82) is 0 Å². The number of hydrogen-bond acceptors (Lipinski definition) is 9. The summed E-state index contributed by atoms with van der Waals surface area (Å²) >= 11 is 0. The van der Waals surface area contributed by atoms with Crippen LogP contribution in [0.4, 0.5) is 5.82 Å². The van der Waals surface area contributed by atoms with E-state index in [0.29, 0.717) is 36.2 Å². The van der Waals surface area contributed by atoms with Crippen LogP contribution in [0, 0.1) is 0 Å². The molecule has 10 heteroatoms. The Bertz CT molecular complexity index is 1130. The monoisotopic (exact) mass is 643 g/mol. The number of carbonyl (C=O) groups excluding carboxylic acids is 2. The van der Waals surface area contributed by atoms with Crippen LogP contribution < -0.4 is 5.73 Å². The second-order valence-corrected chi connectivity index (χ2v) is 13.0. The molecule has 0 radical (unpaired) electrons. The molecule has 2 aromatic heterocycles. The largest absolute Gasteiger partial charge is 0.463 e. The minimum atomic E-state index is -0.574. The van der Waals surface area contributed by atoms with E-state index in [1.807, 2.05) is 0 Å². The van der Waals surface area contributed by atoms with Gasteiger partial charge < -0.3 is 19.9 Å². The van der Waals surface area contributed by atoms with Crippen molar-refractivity contribution < 1.29 is 23.8 Å². The normalized spacial score (nSPS) is 17.9. The maximum absolute atomic E-state index is 12.8. The number of imidazole rings is 1. The van der Waals surface area contributed by atoms with Gasteiger partial charge in [-0.1, -0.05) is 129 Å². The standard InChI is InChI=1S/C36H61N5O5/c1-3-5-7-9-11-13-15-17-19-21-23-32(42)44-26-30-29(46-33(43)24-22-20-18-16-14-12-10-8-6-4-2)25-31(45-30)41-28-40-34-35(37)38-27-39-36(34)41/h27-31H,3-26H2,1-2H3,(H2,37,38,39)/t29-,30+,31+/m0/s1. The van der Waals surface area contributed by atoms with E-state index in [2.05, 4.69) is 28.8 Å². The molecule has 0 spiro atoms. The van der Waals surface area contributed by atoms with Crippen molar-refractivity contribution in [3.8, 4) is 0 Å². The van der Waals surface area contributed by atoms with Crippen LogP contribution in [0.2, 0.25) is 0 Å². The SMILES string of the molecule is CCCCCCCCCCCCC(=O)OC[C@H]1O[C@@H](n2cnc3c(N)ncnc32)C[C@@H]1OC(=O)CCCCCCCCCCCC. The number of fused-ring (bicyclic) bond motifs is 1. The summed E-state index contributed by atoms with van der Waals surface area (Å²) in [5.41, 5.74) is 7.02. The topological polar surface area (TPSA) is 131 Å². The zero-order chi connectivity index (χ0) is 32.8. The summed E-state index contributed by atoms with van der Waals surface area (Å²) in [5.74, 6) is -0.188. The number of nitrogen functional groups attached to an aromatic ring is 1. The van der Waals surface area contributed by atoms with E-state index in [4.69, 9.17) is 19.9 Å². The van der Waals surface area contributed by atoms with Gasteiger partial charge in [-0.3, -0.25) is 14.2 Å². The fraction of sp³-hybridized carbons (Fsp3) is 0.806. The Hall–Kier alpha value is -2.75. The minimum Gasteiger partial charge on any atom is -0.463 e. The summed E-state index contributed by atoms with van der Waals surface area (Å²) in [4.78, 5) is 38.1.